The number of hydrogen-bond acceptors (Lipinski definition) is 10. The minimum absolute atomic E-state index is 0.125. The molecule has 0 spiro atoms. The Labute approximate surface area is 204 Å². The van der Waals surface area contributed by atoms with Gasteiger partial charge in [-0.25, -0.2) is 19.9 Å². The number of hydrogen-bond donors (Lipinski definition) is 2. The third-order valence-corrected chi connectivity index (χ3v) is 6.93. The van der Waals surface area contributed by atoms with Gasteiger partial charge < -0.3 is 10.4 Å². The molecule has 0 fully saturated rings. The standard InChI is InChI=1S/C23H33N7OS2/c1-5-6-7-8-17(3)32-23-27-16(2)11-19(28-23)20-13-26-22(33-20)29-21-14-24-18(12-25-21)15-30(4)9-10-31/h11-14,17,31H,5-10,15H2,1-4H3,(H,25,26,29). The first-order chi connectivity index (χ1) is 16.0. The van der Waals surface area contributed by atoms with Crippen LogP contribution in [0.1, 0.15) is 50.9 Å². The Morgan fingerprint density at radius 1 is 1.15 bits per heavy atom. The molecule has 3 heterocycles. The van der Waals surface area contributed by atoms with E-state index in [1.165, 1.54) is 37.0 Å². The number of aliphatic hydroxyl groups excluding tert-OH is 1. The van der Waals surface area contributed by atoms with Crippen molar-refractivity contribution in [1.82, 2.24) is 29.8 Å². The molecule has 1 unspecified atom stereocenters. The molecule has 1 atom stereocenters. The van der Waals surface area contributed by atoms with Gasteiger partial charge in [-0.2, -0.15) is 0 Å². The van der Waals surface area contributed by atoms with Gasteiger partial charge in [-0.1, -0.05) is 56.2 Å². The predicted molar refractivity (Wildman–Crippen MR) is 136 cm³/mol. The van der Waals surface area contributed by atoms with Crippen molar-refractivity contribution >= 4 is 34.0 Å². The second kappa shape index (κ2) is 12.9. The van der Waals surface area contributed by atoms with Crippen molar-refractivity contribution in [3.63, 3.8) is 0 Å². The molecular weight excluding hydrogens is 454 g/mol. The van der Waals surface area contributed by atoms with Crippen LogP contribution in [0.4, 0.5) is 10.9 Å². The molecule has 0 saturated heterocycles. The highest BCUT2D eigenvalue weighted by Crippen LogP contribution is 2.31. The summed E-state index contributed by atoms with van der Waals surface area (Å²) >= 11 is 3.28. The van der Waals surface area contributed by atoms with Gasteiger partial charge in [0.15, 0.2) is 16.1 Å². The van der Waals surface area contributed by atoms with Crippen molar-refractivity contribution in [2.24, 2.45) is 0 Å². The predicted octanol–water partition coefficient (Wildman–Crippen LogP) is 4.93. The zero-order valence-electron chi connectivity index (χ0n) is 19.8. The average molecular weight is 488 g/mol. The molecule has 178 valence electrons. The number of nitrogens with one attached hydrogen (secondary N) is 1. The summed E-state index contributed by atoms with van der Waals surface area (Å²) < 4.78 is 0. The summed E-state index contributed by atoms with van der Waals surface area (Å²) in [6.45, 7) is 7.85. The highest BCUT2D eigenvalue weighted by molar-refractivity contribution is 7.99. The molecule has 0 amide bonds. The van der Waals surface area contributed by atoms with E-state index in [-0.39, 0.29) is 6.61 Å². The third kappa shape index (κ3) is 8.29. The lowest BCUT2D eigenvalue weighted by atomic mass is 10.2. The number of anilines is 2. The first-order valence-electron chi connectivity index (χ1n) is 11.3. The van der Waals surface area contributed by atoms with Gasteiger partial charge in [0.05, 0.1) is 35.3 Å². The lowest BCUT2D eigenvalue weighted by molar-refractivity contribution is 0.216. The zero-order chi connectivity index (χ0) is 23.6. The maximum atomic E-state index is 9.01. The topological polar surface area (TPSA) is 100.0 Å². The molecule has 0 bridgehead atoms. The van der Waals surface area contributed by atoms with Crippen LogP contribution in [0.3, 0.4) is 0 Å². The fourth-order valence-corrected chi connectivity index (χ4v) is 5.00. The van der Waals surface area contributed by atoms with Crippen LogP contribution in [-0.4, -0.2) is 60.4 Å². The number of unbranched alkanes of at least 4 members (excludes halogenated alkanes) is 2. The molecule has 3 rings (SSSR count). The summed E-state index contributed by atoms with van der Waals surface area (Å²) in [5.41, 5.74) is 2.70. The second-order valence-electron chi connectivity index (χ2n) is 8.11. The van der Waals surface area contributed by atoms with E-state index in [2.05, 4.69) is 39.1 Å². The SMILES string of the molecule is CCCCCC(C)Sc1nc(C)cc(-c2cnc(Nc3cnc(CN(C)CCO)cn3)s2)n1. The van der Waals surface area contributed by atoms with Gasteiger partial charge in [0.2, 0.25) is 0 Å². The van der Waals surface area contributed by atoms with E-state index in [9.17, 15) is 0 Å². The minimum Gasteiger partial charge on any atom is -0.395 e. The molecule has 3 aromatic rings. The zero-order valence-corrected chi connectivity index (χ0v) is 21.4. The molecular formula is C23H33N7OS2. The smallest absolute Gasteiger partial charge is 0.188 e. The van der Waals surface area contributed by atoms with Crippen LogP contribution >= 0.6 is 23.1 Å². The molecule has 8 nitrogen and oxygen atoms in total. The van der Waals surface area contributed by atoms with Crippen molar-refractivity contribution < 1.29 is 5.11 Å². The summed E-state index contributed by atoms with van der Waals surface area (Å²) in [5, 5.41) is 14.3. The van der Waals surface area contributed by atoms with Gasteiger partial charge in [-0.3, -0.25) is 9.88 Å². The molecule has 3 aromatic heterocycles. The van der Waals surface area contributed by atoms with Crippen LogP contribution in [0.25, 0.3) is 10.6 Å². The van der Waals surface area contributed by atoms with Crippen molar-refractivity contribution in [1.29, 1.82) is 0 Å². The van der Waals surface area contributed by atoms with Gasteiger partial charge >= 0.3 is 0 Å². The van der Waals surface area contributed by atoms with Crippen LogP contribution in [0.5, 0.6) is 0 Å². The van der Waals surface area contributed by atoms with Gasteiger partial charge in [0, 0.05) is 30.2 Å². The van der Waals surface area contributed by atoms with Gasteiger partial charge in [0.1, 0.15) is 0 Å². The summed E-state index contributed by atoms with van der Waals surface area (Å²) in [5.74, 6) is 0.639. The lowest BCUT2D eigenvalue weighted by Crippen LogP contribution is -2.22. The molecule has 10 heteroatoms. The molecule has 0 aromatic carbocycles. The Kier molecular flexibility index (Phi) is 9.98. The molecule has 33 heavy (non-hydrogen) atoms. The first-order valence-corrected chi connectivity index (χ1v) is 13.0. The fraction of sp³-hybridized carbons (Fsp3) is 0.522. The van der Waals surface area contributed by atoms with Crippen LogP contribution in [-0.2, 0) is 6.54 Å². The lowest BCUT2D eigenvalue weighted by Gasteiger charge is -2.14. The van der Waals surface area contributed by atoms with Gasteiger partial charge in [-0.05, 0) is 26.5 Å². The van der Waals surface area contributed by atoms with Crippen LogP contribution in [0, 0.1) is 6.92 Å². The van der Waals surface area contributed by atoms with E-state index in [0.717, 1.165) is 32.2 Å². The van der Waals surface area contributed by atoms with Crippen molar-refractivity contribution in [2.45, 2.75) is 63.4 Å². The van der Waals surface area contributed by atoms with E-state index in [4.69, 9.17) is 10.1 Å². The number of likely N-dealkylation sites (N-methyl/N-ethyl adjacent to an activating group) is 1. The summed E-state index contributed by atoms with van der Waals surface area (Å²) in [6.07, 6.45) is 10.2. The third-order valence-electron chi connectivity index (χ3n) is 4.97. The van der Waals surface area contributed by atoms with E-state index in [0.29, 0.717) is 24.2 Å². The molecule has 0 saturated carbocycles. The van der Waals surface area contributed by atoms with Crippen molar-refractivity contribution in [2.75, 3.05) is 25.5 Å². The van der Waals surface area contributed by atoms with Crippen LogP contribution in [0.2, 0.25) is 0 Å². The quantitative estimate of drug-likeness (QED) is 0.197. The van der Waals surface area contributed by atoms with Gasteiger partial charge in [-0.15, -0.1) is 0 Å². The number of aromatic nitrogens is 5. The Morgan fingerprint density at radius 3 is 2.73 bits per heavy atom. The molecule has 2 N–H and O–H groups in total. The summed E-state index contributed by atoms with van der Waals surface area (Å²) in [6, 6.07) is 2.00. The number of rotatable bonds is 13. The Hall–Kier alpha value is -2.14. The minimum atomic E-state index is 0.125. The normalized spacial score (nSPS) is 12.3. The van der Waals surface area contributed by atoms with E-state index in [1.807, 2.05) is 31.1 Å². The fourth-order valence-electron chi connectivity index (χ4n) is 3.23. The number of nitrogens with zero attached hydrogens (tertiary/aromatic N) is 6. The second-order valence-corrected chi connectivity index (χ2v) is 10.5. The van der Waals surface area contributed by atoms with Gasteiger partial charge in [0.25, 0.3) is 0 Å². The Morgan fingerprint density at radius 2 is 2.00 bits per heavy atom. The summed E-state index contributed by atoms with van der Waals surface area (Å²) in [4.78, 5) is 25.8. The van der Waals surface area contributed by atoms with E-state index in [1.54, 1.807) is 24.2 Å². The van der Waals surface area contributed by atoms with Crippen molar-refractivity contribution in [3.05, 3.63) is 36.0 Å². The number of aliphatic hydroxyl groups is 1. The van der Waals surface area contributed by atoms with E-state index < -0.39 is 0 Å². The van der Waals surface area contributed by atoms with E-state index >= 15 is 0 Å². The highest BCUT2D eigenvalue weighted by atomic mass is 32.2. The van der Waals surface area contributed by atoms with Crippen LogP contribution in [0.15, 0.2) is 29.8 Å². The molecule has 0 aliphatic rings. The largest absolute Gasteiger partial charge is 0.395 e. The Balaban J connectivity index is 1.63. The monoisotopic (exact) mass is 487 g/mol. The average Bonchev–Trinajstić information content (AvgIpc) is 3.24. The summed E-state index contributed by atoms with van der Waals surface area (Å²) in [7, 11) is 1.94. The highest BCUT2D eigenvalue weighted by Gasteiger charge is 2.13. The maximum Gasteiger partial charge on any atom is 0.188 e. The van der Waals surface area contributed by atoms with Crippen LogP contribution < -0.4 is 5.32 Å². The molecule has 0 aliphatic heterocycles. The molecule has 0 radical (unpaired) electrons. The van der Waals surface area contributed by atoms with Crippen molar-refractivity contribution in [3.8, 4) is 10.6 Å². The molecule has 0 aliphatic carbocycles. The number of thioether (sulfide) groups is 1. The number of aryl methyl sites for hydroxylation is 1. The maximum absolute atomic E-state index is 9.01. The first kappa shape index (κ1) is 25.5. The Bertz CT molecular complexity index is 997. The number of thiazole rings is 1.